The first-order valence-electron chi connectivity index (χ1n) is 6.34. The van der Waals surface area contributed by atoms with Gasteiger partial charge < -0.3 is 4.90 Å². The van der Waals surface area contributed by atoms with Crippen molar-refractivity contribution in [2.45, 2.75) is 46.5 Å². The zero-order valence-electron chi connectivity index (χ0n) is 11.0. The number of piperidine rings is 1. The Morgan fingerprint density at radius 2 is 2.19 bits per heavy atom. The first-order valence-corrected chi connectivity index (χ1v) is 6.34. The maximum absolute atomic E-state index is 11.5. The predicted molar refractivity (Wildman–Crippen MR) is 68.2 cm³/mol. The second-order valence-corrected chi connectivity index (χ2v) is 6.10. The van der Waals surface area contributed by atoms with Crippen LogP contribution < -0.4 is 0 Å². The van der Waals surface area contributed by atoms with Crippen LogP contribution in [0.15, 0.2) is 12.7 Å². The van der Waals surface area contributed by atoms with Crippen LogP contribution in [0.25, 0.3) is 0 Å². The molecule has 2 nitrogen and oxygen atoms in total. The summed E-state index contributed by atoms with van der Waals surface area (Å²) in [7, 11) is 0. The highest BCUT2D eigenvalue weighted by Crippen LogP contribution is 2.28. The van der Waals surface area contributed by atoms with Gasteiger partial charge in [-0.25, -0.2) is 0 Å². The highest BCUT2D eigenvalue weighted by atomic mass is 16.2. The van der Waals surface area contributed by atoms with Gasteiger partial charge in [0.2, 0.25) is 5.91 Å². The van der Waals surface area contributed by atoms with Gasteiger partial charge >= 0.3 is 0 Å². The van der Waals surface area contributed by atoms with E-state index in [0.717, 1.165) is 19.5 Å². The fourth-order valence-corrected chi connectivity index (χ4v) is 2.27. The Morgan fingerprint density at radius 3 is 2.75 bits per heavy atom. The van der Waals surface area contributed by atoms with Crippen LogP contribution in [0.1, 0.15) is 46.5 Å². The second kappa shape index (κ2) is 5.51. The second-order valence-electron chi connectivity index (χ2n) is 6.10. The van der Waals surface area contributed by atoms with E-state index in [9.17, 15) is 4.79 Å². The van der Waals surface area contributed by atoms with Gasteiger partial charge in [-0.1, -0.05) is 27.4 Å². The summed E-state index contributed by atoms with van der Waals surface area (Å²) in [5, 5.41) is 0. The third-order valence-electron chi connectivity index (χ3n) is 3.31. The van der Waals surface area contributed by atoms with Crippen molar-refractivity contribution in [1.29, 1.82) is 0 Å². The standard InChI is InChI=1S/C14H25NO/c1-5-13(16)15-10-6-7-12(11-15)8-9-14(2,3)4/h5,12H,1,6-11H2,2-4H3. The van der Waals surface area contributed by atoms with Gasteiger partial charge in [0, 0.05) is 13.1 Å². The number of amides is 1. The lowest BCUT2D eigenvalue weighted by Crippen LogP contribution is -2.39. The molecule has 1 rings (SSSR count). The number of rotatable bonds is 3. The molecular weight excluding hydrogens is 198 g/mol. The van der Waals surface area contributed by atoms with Crippen molar-refractivity contribution in [3.8, 4) is 0 Å². The third-order valence-corrected chi connectivity index (χ3v) is 3.31. The minimum Gasteiger partial charge on any atom is -0.339 e. The van der Waals surface area contributed by atoms with Gasteiger partial charge in [-0.2, -0.15) is 0 Å². The van der Waals surface area contributed by atoms with Crippen molar-refractivity contribution in [2.24, 2.45) is 11.3 Å². The zero-order chi connectivity index (χ0) is 12.2. The van der Waals surface area contributed by atoms with E-state index in [1.54, 1.807) is 0 Å². The molecule has 0 aliphatic carbocycles. The summed E-state index contributed by atoms with van der Waals surface area (Å²) in [5.41, 5.74) is 0.407. The number of likely N-dealkylation sites (tertiary alicyclic amines) is 1. The molecule has 0 spiro atoms. The van der Waals surface area contributed by atoms with Crippen molar-refractivity contribution >= 4 is 5.91 Å². The van der Waals surface area contributed by atoms with Crippen LogP contribution in [-0.4, -0.2) is 23.9 Å². The lowest BCUT2D eigenvalue weighted by atomic mass is 9.84. The lowest BCUT2D eigenvalue weighted by Gasteiger charge is -2.33. The molecule has 1 atom stereocenters. The highest BCUT2D eigenvalue weighted by molar-refractivity contribution is 5.87. The Hall–Kier alpha value is -0.790. The average Bonchev–Trinajstić information content (AvgIpc) is 2.25. The van der Waals surface area contributed by atoms with E-state index in [-0.39, 0.29) is 5.91 Å². The Morgan fingerprint density at radius 1 is 1.50 bits per heavy atom. The number of hydrogen-bond acceptors (Lipinski definition) is 1. The van der Waals surface area contributed by atoms with Crippen molar-refractivity contribution in [3.63, 3.8) is 0 Å². The van der Waals surface area contributed by atoms with E-state index in [0.29, 0.717) is 11.3 Å². The quantitative estimate of drug-likeness (QED) is 0.673. The maximum Gasteiger partial charge on any atom is 0.245 e. The van der Waals surface area contributed by atoms with Gasteiger partial charge in [0.15, 0.2) is 0 Å². The minimum absolute atomic E-state index is 0.0976. The molecule has 2 heteroatoms. The first-order chi connectivity index (χ1) is 7.42. The van der Waals surface area contributed by atoms with E-state index in [1.165, 1.54) is 25.3 Å². The molecule has 1 aliphatic rings. The van der Waals surface area contributed by atoms with Crippen molar-refractivity contribution in [2.75, 3.05) is 13.1 Å². The van der Waals surface area contributed by atoms with Crippen LogP contribution in [0.4, 0.5) is 0 Å². The van der Waals surface area contributed by atoms with Crippen LogP contribution in [0.5, 0.6) is 0 Å². The number of carbonyl (C=O) groups excluding carboxylic acids is 1. The molecule has 0 aromatic heterocycles. The Balaban J connectivity index is 2.39. The molecule has 0 aromatic carbocycles. The van der Waals surface area contributed by atoms with Gasteiger partial charge in [-0.05, 0) is 43.1 Å². The molecule has 1 heterocycles. The van der Waals surface area contributed by atoms with Gasteiger partial charge in [0.05, 0.1) is 0 Å². The van der Waals surface area contributed by atoms with Crippen molar-refractivity contribution in [3.05, 3.63) is 12.7 Å². The molecule has 0 N–H and O–H groups in total. The predicted octanol–water partition coefficient (Wildman–Crippen LogP) is 3.24. The zero-order valence-corrected chi connectivity index (χ0v) is 11.0. The fraction of sp³-hybridized carbons (Fsp3) is 0.786. The molecule has 1 saturated heterocycles. The molecule has 16 heavy (non-hydrogen) atoms. The Labute approximate surface area is 99.7 Å². The molecular formula is C14H25NO. The van der Waals surface area contributed by atoms with Crippen LogP contribution in [0, 0.1) is 11.3 Å². The van der Waals surface area contributed by atoms with Gasteiger partial charge in [0.1, 0.15) is 0 Å². The van der Waals surface area contributed by atoms with Crippen molar-refractivity contribution < 1.29 is 4.79 Å². The topological polar surface area (TPSA) is 20.3 Å². The molecule has 1 aliphatic heterocycles. The maximum atomic E-state index is 11.5. The monoisotopic (exact) mass is 223 g/mol. The first kappa shape index (κ1) is 13.3. The third kappa shape index (κ3) is 4.38. The van der Waals surface area contributed by atoms with Crippen LogP contribution in [-0.2, 0) is 4.79 Å². The van der Waals surface area contributed by atoms with E-state index < -0.39 is 0 Å². The highest BCUT2D eigenvalue weighted by Gasteiger charge is 2.23. The lowest BCUT2D eigenvalue weighted by molar-refractivity contribution is -0.127. The summed E-state index contributed by atoms with van der Waals surface area (Å²) in [6, 6.07) is 0. The Kier molecular flexibility index (Phi) is 4.57. The minimum atomic E-state index is 0.0976. The van der Waals surface area contributed by atoms with E-state index in [4.69, 9.17) is 0 Å². The molecule has 0 radical (unpaired) electrons. The molecule has 0 saturated carbocycles. The van der Waals surface area contributed by atoms with Gasteiger partial charge in [-0.3, -0.25) is 4.79 Å². The number of nitrogens with zero attached hydrogens (tertiary/aromatic N) is 1. The summed E-state index contributed by atoms with van der Waals surface area (Å²) in [4.78, 5) is 13.5. The molecule has 0 bridgehead atoms. The number of carbonyl (C=O) groups is 1. The number of hydrogen-bond donors (Lipinski definition) is 0. The summed E-state index contributed by atoms with van der Waals surface area (Å²) in [6.07, 6.45) is 6.34. The van der Waals surface area contributed by atoms with Crippen LogP contribution >= 0.6 is 0 Å². The van der Waals surface area contributed by atoms with Crippen LogP contribution in [0.2, 0.25) is 0 Å². The average molecular weight is 223 g/mol. The fourth-order valence-electron chi connectivity index (χ4n) is 2.27. The SMILES string of the molecule is C=CC(=O)N1CCCC(CCC(C)(C)C)C1. The van der Waals surface area contributed by atoms with E-state index in [2.05, 4.69) is 27.4 Å². The van der Waals surface area contributed by atoms with Gasteiger partial charge in [-0.15, -0.1) is 0 Å². The molecule has 1 fully saturated rings. The van der Waals surface area contributed by atoms with Gasteiger partial charge in [0.25, 0.3) is 0 Å². The molecule has 1 amide bonds. The molecule has 0 aromatic rings. The van der Waals surface area contributed by atoms with E-state index in [1.807, 2.05) is 4.90 Å². The summed E-state index contributed by atoms with van der Waals surface area (Å²) >= 11 is 0. The summed E-state index contributed by atoms with van der Waals surface area (Å²) in [6.45, 7) is 12.2. The molecule has 92 valence electrons. The van der Waals surface area contributed by atoms with Crippen LogP contribution in [0.3, 0.4) is 0 Å². The van der Waals surface area contributed by atoms with E-state index >= 15 is 0 Å². The summed E-state index contributed by atoms with van der Waals surface area (Å²) < 4.78 is 0. The Bertz CT molecular complexity index is 252. The summed E-state index contributed by atoms with van der Waals surface area (Å²) in [5.74, 6) is 0.789. The smallest absolute Gasteiger partial charge is 0.245 e. The van der Waals surface area contributed by atoms with Crippen molar-refractivity contribution in [1.82, 2.24) is 4.90 Å². The normalized spacial score (nSPS) is 21.9. The molecule has 1 unspecified atom stereocenters. The largest absolute Gasteiger partial charge is 0.339 e.